The van der Waals surface area contributed by atoms with Gasteiger partial charge in [-0.15, -0.1) is 0 Å². The first-order valence-electron chi connectivity index (χ1n) is 12.9. The van der Waals surface area contributed by atoms with Crippen LogP contribution in [0.15, 0.2) is 131 Å². The van der Waals surface area contributed by atoms with Gasteiger partial charge in [0.05, 0.1) is 11.2 Å². The summed E-state index contributed by atoms with van der Waals surface area (Å²) < 4.78 is 0. The Morgan fingerprint density at radius 1 is 0.579 bits per heavy atom. The second-order valence-electron chi connectivity index (χ2n) is 10.3. The van der Waals surface area contributed by atoms with Gasteiger partial charge in [0.1, 0.15) is 0 Å². The summed E-state index contributed by atoms with van der Waals surface area (Å²) >= 11 is 1.87. The van der Waals surface area contributed by atoms with Gasteiger partial charge in [0.2, 0.25) is 0 Å². The quantitative estimate of drug-likeness (QED) is 0.239. The third-order valence-corrected chi connectivity index (χ3v) is 8.65. The van der Waals surface area contributed by atoms with E-state index >= 15 is 0 Å². The number of hydrogen-bond donors (Lipinski definition) is 0. The molecule has 0 aliphatic carbocycles. The third-order valence-electron chi connectivity index (χ3n) is 7.51. The lowest BCUT2D eigenvalue weighted by molar-refractivity contribution is 0.609. The highest BCUT2D eigenvalue weighted by Crippen LogP contribution is 2.52. The van der Waals surface area contributed by atoms with Crippen LogP contribution in [-0.4, -0.2) is 9.97 Å². The number of benzene rings is 5. The number of rotatable bonds is 3. The topological polar surface area (TPSA) is 25.8 Å². The Morgan fingerprint density at radius 3 is 2.16 bits per heavy atom. The number of fused-ring (bicyclic) bond motifs is 3. The second-order valence-corrected chi connectivity index (χ2v) is 11.3. The van der Waals surface area contributed by atoms with Crippen molar-refractivity contribution in [2.75, 3.05) is 0 Å². The minimum absolute atomic E-state index is 0.107. The molecule has 0 fully saturated rings. The number of para-hydroxylation sites is 1. The van der Waals surface area contributed by atoms with E-state index in [9.17, 15) is 0 Å². The summed E-state index contributed by atoms with van der Waals surface area (Å²) in [5, 5.41) is 1.06. The maximum atomic E-state index is 5.11. The molecule has 3 heteroatoms. The zero-order valence-electron chi connectivity index (χ0n) is 21.3. The third kappa shape index (κ3) is 3.74. The van der Waals surface area contributed by atoms with Crippen LogP contribution in [-0.2, 0) is 5.41 Å². The first-order valence-corrected chi connectivity index (χ1v) is 13.7. The van der Waals surface area contributed by atoms with Crippen LogP contribution in [0.5, 0.6) is 0 Å². The van der Waals surface area contributed by atoms with Crippen LogP contribution in [0.25, 0.3) is 44.7 Å². The maximum absolute atomic E-state index is 5.11. The maximum Gasteiger partial charge on any atom is 0.160 e. The molecule has 5 aromatic carbocycles. The van der Waals surface area contributed by atoms with Gasteiger partial charge in [-0.3, -0.25) is 0 Å². The number of nitrogens with zero attached hydrogens (tertiary/aromatic N) is 2. The molecule has 182 valence electrons. The van der Waals surface area contributed by atoms with Crippen molar-refractivity contribution in [1.82, 2.24) is 9.97 Å². The van der Waals surface area contributed by atoms with E-state index in [0.717, 1.165) is 33.5 Å². The number of hydrogen-bond acceptors (Lipinski definition) is 3. The summed E-state index contributed by atoms with van der Waals surface area (Å²) in [6, 6.07) is 42.8. The average molecular weight is 507 g/mol. The Kier molecular flexibility index (Phi) is 5.41. The summed E-state index contributed by atoms with van der Waals surface area (Å²) in [6.07, 6.45) is 0. The van der Waals surface area contributed by atoms with E-state index in [-0.39, 0.29) is 5.41 Å². The van der Waals surface area contributed by atoms with Gasteiger partial charge in [0.25, 0.3) is 0 Å². The molecule has 2 nitrogen and oxygen atoms in total. The zero-order chi connectivity index (χ0) is 25.7. The van der Waals surface area contributed by atoms with Crippen LogP contribution >= 0.6 is 11.8 Å². The van der Waals surface area contributed by atoms with Gasteiger partial charge in [-0.2, -0.15) is 0 Å². The van der Waals surface area contributed by atoms with Gasteiger partial charge in [-0.25, -0.2) is 9.97 Å². The molecule has 38 heavy (non-hydrogen) atoms. The van der Waals surface area contributed by atoms with Gasteiger partial charge in [-0.1, -0.05) is 123 Å². The molecule has 0 amide bonds. The van der Waals surface area contributed by atoms with E-state index in [0.29, 0.717) is 0 Å². The van der Waals surface area contributed by atoms with Crippen LogP contribution in [0.3, 0.4) is 0 Å². The summed E-state index contributed by atoms with van der Waals surface area (Å²) in [6.45, 7) is 4.69. The summed E-state index contributed by atoms with van der Waals surface area (Å²) in [5.41, 5.74) is 9.13. The molecule has 1 aliphatic rings. The highest BCUT2D eigenvalue weighted by molar-refractivity contribution is 7.99. The first kappa shape index (κ1) is 22.9. The lowest BCUT2D eigenvalue weighted by Crippen LogP contribution is -2.24. The van der Waals surface area contributed by atoms with Crippen molar-refractivity contribution in [2.45, 2.75) is 29.1 Å². The minimum Gasteiger partial charge on any atom is -0.228 e. The summed E-state index contributed by atoms with van der Waals surface area (Å²) in [4.78, 5) is 12.8. The molecule has 0 N–H and O–H groups in total. The van der Waals surface area contributed by atoms with Gasteiger partial charge in [0, 0.05) is 31.7 Å². The monoisotopic (exact) mass is 506 g/mol. The minimum atomic E-state index is -0.107. The highest BCUT2D eigenvalue weighted by atomic mass is 32.2. The van der Waals surface area contributed by atoms with Crippen molar-refractivity contribution in [1.29, 1.82) is 0 Å². The molecule has 0 saturated carbocycles. The molecule has 0 radical (unpaired) electrons. The van der Waals surface area contributed by atoms with Crippen molar-refractivity contribution in [2.24, 2.45) is 0 Å². The van der Waals surface area contributed by atoms with Gasteiger partial charge in [-0.05, 0) is 46.5 Å². The van der Waals surface area contributed by atoms with Gasteiger partial charge >= 0.3 is 0 Å². The van der Waals surface area contributed by atoms with E-state index in [2.05, 4.69) is 123 Å². The van der Waals surface area contributed by atoms with E-state index in [1.54, 1.807) is 0 Å². The van der Waals surface area contributed by atoms with Crippen LogP contribution < -0.4 is 0 Å². The fraction of sp³-hybridized carbons (Fsp3) is 0.0857. The molecule has 7 rings (SSSR count). The lowest BCUT2D eigenvalue weighted by Gasteiger charge is -2.36. The smallest absolute Gasteiger partial charge is 0.160 e. The molecule has 1 aromatic heterocycles. The van der Waals surface area contributed by atoms with Crippen molar-refractivity contribution >= 4 is 22.7 Å². The highest BCUT2D eigenvalue weighted by Gasteiger charge is 2.35. The molecule has 0 bridgehead atoms. The van der Waals surface area contributed by atoms with Gasteiger partial charge < -0.3 is 0 Å². The van der Waals surface area contributed by atoms with Crippen LogP contribution in [0, 0.1) is 0 Å². The molecule has 0 atom stereocenters. The molecule has 2 heterocycles. The predicted octanol–water partition coefficient (Wildman–Crippen LogP) is 9.42. The van der Waals surface area contributed by atoms with Crippen LogP contribution in [0.1, 0.15) is 25.0 Å². The largest absolute Gasteiger partial charge is 0.228 e. The van der Waals surface area contributed by atoms with Crippen LogP contribution in [0.4, 0.5) is 0 Å². The SMILES string of the molecule is CC1(C)c2ccccc2Sc2cccc(-c3cccc(-c4nc(-c5ccccc5)c5ccccc5n4)c3)c21. The fourth-order valence-corrected chi connectivity index (χ4v) is 7.10. The van der Waals surface area contributed by atoms with Crippen LogP contribution in [0.2, 0.25) is 0 Å². The lowest BCUT2D eigenvalue weighted by atomic mass is 9.74. The molecular formula is C35H26N2S. The van der Waals surface area contributed by atoms with Gasteiger partial charge in [0.15, 0.2) is 5.82 Å². The van der Waals surface area contributed by atoms with E-state index in [1.807, 2.05) is 23.9 Å². The molecule has 6 aromatic rings. The standard InChI is InChI=1S/C35H26N2S/c1-35(2)28-18-7-9-20-30(28)38-31-21-11-17-26(32(31)35)24-14-10-15-25(22-24)34-36-29-19-8-6-16-27(29)33(37-34)23-12-4-3-5-13-23/h3-22H,1-2H3. The summed E-state index contributed by atoms with van der Waals surface area (Å²) in [7, 11) is 0. The Bertz CT molecular complexity index is 1820. The zero-order valence-corrected chi connectivity index (χ0v) is 22.2. The normalized spacial score (nSPS) is 13.6. The van der Waals surface area contributed by atoms with E-state index in [1.165, 1.54) is 32.0 Å². The molecular weight excluding hydrogens is 480 g/mol. The molecule has 1 aliphatic heterocycles. The number of aromatic nitrogens is 2. The molecule has 0 unspecified atom stereocenters. The van der Waals surface area contributed by atoms with Crippen molar-refractivity contribution < 1.29 is 0 Å². The summed E-state index contributed by atoms with van der Waals surface area (Å²) in [5.74, 6) is 0.744. The van der Waals surface area contributed by atoms with E-state index < -0.39 is 0 Å². The Morgan fingerprint density at radius 2 is 1.26 bits per heavy atom. The Balaban J connectivity index is 1.39. The van der Waals surface area contributed by atoms with Crippen molar-refractivity contribution in [3.05, 3.63) is 132 Å². The molecule has 0 spiro atoms. The Labute approximate surface area is 227 Å². The Hall–Kier alpha value is -4.21. The first-order chi connectivity index (χ1) is 18.6. The van der Waals surface area contributed by atoms with Crippen molar-refractivity contribution in [3.63, 3.8) is 0 Å². The molecule has 0 saturated heterocycles. The average Bonchev–Trinajstić information content (AvgIpc) is 2.97. The van der Waals surface area contributed by atoms with E-state index in [4.69, 9.17) is 9.97 Å². The van der Waals surface area contributed by atoms with Crippen molar-refractivity contribution in [3.8, 4) is 33.8 Å². The second kappa shape index (κ2) is 8.97. The predicted molar refractivity (Wildman–Crippen MR) is 159 cm³/mol. The fourth-order valence-electron chi connectivity index (χ4n) is 5.67.